The minimum atomic E-state index is -0.872. The predicted octanol–water partition coefficient (Wildman–Crippen LogP) is 2.44. The van der Waals surface area contributed by atoms with Gasteiger partial charge < -0.3 is 47.7 Å². The number of carboxylic acid groups (broad SMARTS) is 1. The summed E-state index contributed by atoms with van der Waals surface area (Å²) in [6.45, 7) is 7.88. The van der Waals surface area contributed by atoms with Crippen LogP contribution in [-0.4, -0.2) is 123 Å². The molecule has 1 aromatic carbocycles. The largest absolute Gasteiger partial charge is 0.491 e. The molecular formula is C25H41BrO11. The van der Waals surface area contributed by atoms with Gasteiger partial charge in [0.1, 0.15) is 12.4 Å². The van der Waals surface area contributed by atoms with Crippen LogP contribution in [0.3, 0.4) is 0 Å². The average Bonchev–Trinajstić information content (AvgIpc) is 2.89. The third-order valence-electron chi connectivity index (χ3n) is 4.37. The van der Waals surface area contributed by atoms with Crippen molar-refractivity contribution in [2.75, 3.05) is 112 Å². The van der Waals surface area contributed by atoms with E-state index in [1.807, 2.05) is 24.3 Å². The molecule has 0 aliphatic heterocycles. The average molecular weight is 597 g/mol. The van der Waals surface area contributed by atoms with Crippen LogP contribution in [0.4, 0.5) is 0 Å². The summed E-state index contributed by atoms with van der Waals surface area (Å²) in [7, 11) is 0. The first-order valence-electron chi connectivity index (χ1n) is 12.4. The smallest absolute Gasteiger partial charge is 0.305 e. The van der Waals surface area contributed by atoms with Gasteiger partial charge in [-0.15, -0.1) is 0 Å². The summed E-state index contributed by atoms with van der Waals surface area (Å²) in [5.41, 5.74) is 0. The summed E-state index contributed by atoms with van der Waals surface area (Å²) < 4.78 is 49.6. The molecule has 1 aromatic rings. The molecule has 0 aliphatic carbocycles. The van der Waals surface area contributed by atoms with Gasteiger partial charge in [-0.05, 0) is 24.3 Å². The Morgan fingerprint density at radius 3 is 1.14 bits per heavy atom. The van der Waals surface area contributed by atoms with E-state index in [1.54, 1.807) is 0 Å². The SMILES string of the molecule is O=C(O)CCOCCOCCOCCOCCOCCOCCOCCOCCOc1ccc(Br)cc1. The zero-order valence-electron chi connectivity index (χ0n) is 21.4. The highest BCUT2D eigenvalue weighted by atomic mass is 79.9. The predicted molar refractivity (Wildman–Crippen MR) is 138 cm³/mol. The number of aliphatic carboxylic acids is 1. The van der Waals surface area contributed by atoms with Crippen molar-refractivity contribution >= 4 is 21.9 Å². The number of hydrogen-bond donors (Lipinski definition) is 1. The Morgan fingerprint density at radius 1 is 0.514 bits per heavy atom. The van der Waals surface area contributed by atoms with Crippen molar-refractivity contribution in [1.82, 2.24) is 0 Å². The van der Waals surface area contributed by atoms with E-state index in [2.05, 4.69) is 15.9 Å². The van der Waals surface area contributed by atoms with Gasteiger partial charge in [0.15, 0.2) is 0 Å². The zero-order chi connectivity index (χ0) is 26.7. The quantitative estimate of drug-likeness (QED) is 0.144. The number of halogens is 1. The van der Waals surface area contributed by atoms with E-state index < -0.39 is 5.97 Å². The van der Waals surface area contributed by atoms with Crippen LogP contribution in [0.25, 0.3) is 0 Å². The van der Waals surface area contributed by atoms with E-state index in [0.717, 1.165) is 10.2 Å². The fourth-order valence-corrected chi connectivity index (χ4v) is 2.81. The normalized spacial score (nSPS) is 11.2. The maximum absolute atomic E-state index is 10.3. The molecule has 0 spiro atoms. The van der Waals surface area contributed by atoms with Crippen molar-refractivity contribution in [1.29, 1.82) is 0 Å². The van der Waals surface area contributed by atoms with Crippen LogP contribution in [-0.2, 0) is 42.7 Å². The summed E-state index contributed by atoms with van der Waals surface area (Å²) in [4.78, 5) is 10.3. The Kier molecular flexibility index (Phi) is 23.9. The highest BCUT2D eigenvalue weighted by molar-refractivity contribution is 9.10. The van der Waals surface area contributed by atoms with Crippen LogP contribution in [0.2, 0.25) is 0 Å². The van der Waals surface area contributed by atoms with Crippen molar-refractivity contribution in [3.63, 3.8) is 0 Å². The van der Waals surface area contributed by atoms with E-state index in [4.69, 9.17) is 47.7 Å². The van der Waals surface area contributed by atoms with E-state index in [1.165, 1.54) is 0 Å². The molecule has 0 aliphatic rings. The van der Waals surface area contributed by atoms with Gasteiger partial charge in [0, 0.05) is 4.47 Å². The Bertz CT molecular complexity index is 634. The third-order valence-corrected chi connectivity index (χ3v) is 4.90. The van der Waals surface area contributed by atoms with E-state index in [9.17, 15) is 4.79 Å². The summed E-state index contributed by atoms with van der Waals surface area (Å²) in [6, 6.07) is 7.67. The molecule has 37 heavy (non-hydrogen) atoms. The monoisotopic (exact) mass is 596 g/mol. The number of carboxylic acids is 1. The van der Waals surface area contributed by atoms with Crippen molar-refractivity contribution in [3.05, 3.63) is 28.7 Å². The highest BCUT2D eigenvalue weighted by Crippen LogP contribution is 2.15. The van der Waals surface area contributed by atoms with Gasteiger partial charge in [0.25, 0.3) is 0 Å². The molecule has 214 valence electrons. The number of carbonyl (C=O) groups is 1. The van der Waals surface area contributed by atoms with Gasteiger partial charge in [0.2, 0.25) is 0 Å². The van der Waals surface area contributed by atoms with Crippen molar-refractivity contribution < 1.29 is 52.5 Å². The third kappa shape index (κ3) is 24.7. The minimum absolute atomic E-state index is 0.00114. The standard InChI is InChI=1S/C25H41BrO11/c26-23-1-3-24(4-2-23)37-22-21-36-20-19-35-18-17-34-16-15-33-14-13-32-12-11-31-10-9-30-8-7-29-6-5-25(27)28/h1-4H,5-22H2,(H,27,28). The van der Waals surface area contributed by atoms with E-state index >= 15 is 0 Å². The van der Waals surface area contributed by atoms with Crippen LogP contribution < -0.4 is 4.74 Å². The zero-order valence-corrected chi connectivity index (χ0v) is 23.0. The molecule has 0 radical (unpaired) electrons. The second-order valence-electron chi connectivity index (χ2n) is 7.35. The Balaban J connectivity index is 1.65. The first-order valence-corrected chi connectivity index (χ1v) is 13.2. The molecule has 0 amide bonds. The molecule has 0 aromatic heterocycles. The van der Waals surface area contributed by atoms with Crippen molar-refractivity contribution in [2.24, 2.45) is 0 Å². The summed E-state index contributed by atoms with van der Waals surface area (Å²) in [6.07, 6.45) is 0.00114. The van der Waals surface area contributed by atoms with Gasteiger partial charge in [-0.25, -0.2) is 0 Å². The van der Waals surface area contributed by atoms with Gasteiger partial charge in [0.05, 0.1) is 112 Å². The molecule has 12 heteroatoms. The van der Waals surface area contributed by atoms with Crippen molar-refractivity contribution in [3.8, 4) is 5.75 Å². The van der Waals surface area contributed by atoms with Gasteiger partial charge in [-0.1, -0.05) is 15.9 Å². The number of rotatable bonds is 28. The molecule has 0 atom stereocenters. The number of ether oxygens (including phenoxy) is 9. The molecular weight excluding hydrogens is 556 g/mol. The summed E-state index contributed by atoms with van der Waals surface area (Å²) in [5, 5.41) is 8.47. The lowest BCUT2D eigenvalue weighted by Crippen LogP contribution is -2.15. The second-order valence-corrected chi connectivity index (χ2v) is 8.26. The topological polar surface area (TPSA) is 120 Å². The Hall–Kier alpha value is -1.35. The maximum Gasteiger partial charge on any atom is 0.305 e. The molecule has 0 fully saturated rings. The maximum atomic E-state index is 10.3. The first kappa shape index (κ1) is 33.7. The molecule has 0 saturated carbocycles. The molecule has 0 heterocycles. The highest BCUT2D eigenvalue weighted by Gasteiger charge is 1.98. The van der Waals surface area contributed by atoms with Crippen LogP contribution in [0.5, 0.6) is 5.75 Å². The van der Waals surface area contributed by atoms with Crippen LogP contribution in [0.15, 0.2) is 28.7 Å². The lowest BCUT2D eigenvalue weighted by Gasteiger charge is -2.09. The molecule has 0 unspecified atom stereocenters. The lowest BCUT2D eigenvalue weighted by atomic mass is 10.3. The summed E-state index contributed by atoms with van der Waals surface area (Å²) in [5.74, 6) is -0.0548. The second kappa shape index (κ2) is 26.3. The molecule has 11 nitrogen and oxygen atoms in total. The Morgan fingerprint density at radius 2 is 0.811 bits per heavy atom. The van der Waals surface area contributed by atoms with Crippen LogP contribution >= 0.6 is 15.9 Å². The summed E-state index contributed by atoms with van der Waals surface area (Å²) >= 11 is 3.39. The van der Waals surface area contributed by atoms with Crippen molar-refractivity contribution in [2.45, 2.75) is 6.42 Å². The van der Waals surface area contributed by atoms with Gasteiger partial charge in [-0.2, -0.15) is 0 Å². The van der Waals surface area contributed by atoms with Gasteiger partial charge >= 0.3 is 5.97 Å². The van der Waals surface area contributed by atoms with Crippen LogP contribution in [0, 0.1) is 0 Å². The molecule has 1 N–H and O–H groups in total. The minimum Gasteiger partial charge on any atom is -0.491 e. The number of hydrogen-bond acceptors (Lipinski definition) is 10. The number of benzene rings is 1. The molecule has 1 rings (SSSR count). The van der Waals surface area contributed by atoms with Crippen LogP contribution in [0.1, 0.15) is 6.42 Å². The van der Waals surface area contributed by atoms with E-state index in [-0.39, 0.29) is 13.0 Å². The van der Waals surface area contributed by atoms with E-state index in [0.29, 0.717) is 106 Å². The first-order chi connectivity index (χ1) is 18.2. The fourth-order valence-electron chi connectivity index (χ4n) is 2.55. The lowest BCUT2D eigenvalue weighted by molar-refractivity contribution is -0.138. The van der Waals surface area contributed by atoms with Gasteiger partial charge in [-0.3, -0.25) is 4.79 Å². The molecule has 0 bridgehead atoms. The molecule has 0 saturated heterocycles. The fraction of sp³-hybridized carbons (Fsp3) is 0.720. The Labute approximate surface area is 227 Å².